The van der Waals surface area contributed by atoms with E-state index < -0.39 is 0 Å². The molecular weight excluding hydrogens is 522 g/mol. The number of unbranched alkanes of at least 4 members (excludes halogenated alkanes) is 3. The van der Waals surface area contributed by atoms with Gasteiger partial charge in [0, 0.05) is 22.7 Å². The first-order chi connectivity index (χ1) is 20.8. The maximum absolute atomic E-state index is 8.63. The SMILES string of the molecule is C(#Cc1ccccc1)c1ccccc1.C=C(C)C.C=C=CCCCCC1CC(C)(CC)N1CCCC.Oc1ccccc1. The van der Waals surface area contributed by atoms with Crippen LogP contribution in [0.1, 0.15) is 97.1 Å². The van der Waals surface area contributed by atoms with Crippen molar-refractivity contribution in [2.45, 2.75) is 97.6 Å². The molecule has 0 spiro atoms. The van der Waals surface area contributed by atoms with E-state index in [0.29, 0.717) is 11.3 Å². The van der Waals surface area contributed by atoms with Crippen molar-refractivity contribution in [2.24, 2.45) is 0 Å². The molecular formula is C41H55NO. The van der Waals surface area contributed by atoms with Crippen LogP contribution in [0.2, 0.25) is 0 Å². The third kappa shape index (κ3) is 17.1. The van der Waals surface area contributed by atoms with E-state index in [2.05, 4.69) is 62.5 Å². The molecule has 2 nitrogen and oxygen atoms in total. The number of hydrogen-bond acceptors (Lipinski definition) is 2. The van der Waals surface area contributed by atoms with E-state index in [4.69, 9.17) is 5.11 Å². The normalized spacial score (nSPS) is 16.4. The Balaban J connectivity index is 0.000000324. The molecule has 4 rings (SSSR count). The second-order valence-electron chi connectivity index (χ2n) is 11.5. The van der Waals surface area contributed by atoms with Gasteiger partial charge < -0.3 is 5.11 Å². The number of para-hydroxylation sites is 1. The molecule has 43 heavy (non-hydrogen) atoms. The van der Waals surface area contributed by atoms with Gasteiger partial charge in [0.15, 0.2) is 0 Å². The molecule has 2 unspecified atom stereocenters. The molecule has 2 heteroatoms. The van der Waals surface area contributed by atoms with Gasteiger partial charge in [0.1, 0.15) is 5.75 Å². The topological polar surface area (TPSA) is 23.5 Å². The van der Waals surface area contributed by atoms with Crippen LogP contribution in [0.5, 0.6) is 5.75 Å². The third-order valence-electron chi connectivity index (χ3n) is 7.26. The molecule has 1 N–H and O–H groups in total. The van der Waals surface area contributed by atoms with Crippen LogP contribution in [0.3, 0.4) is 0 Å². The van der Waals surface area contributed by atoms with E-state index in [1.807, 2.05) is 80.6 Å². The van der Waals surface area contributed by atoms with Gasteiger partial charge in [-0.2, -0.15) is 0 Å². The number of rotatable bonds is 9. The molecule has 230 valence electrons. The summed E-state index contributed by atoms with van der Waals surface area (Å²) < 4.78 is 0. The fraction of sp³-hybridized carbons (Fsp3) is 0.390. The lowest BCUT2D eigenvalue weighted by atomic mass is 9.75. The molecule has 0 aliphatic carbocycles. The first kappa shape index (κ1) is 37.3. The zero-order chi connectivity index (χ0) is 31.8. The first-order valence-electron chi connectivity index (χ1n) is 15.8. The predicted molar refractivity (Wildman–Crippen MR) is 188 cm³/mol. The summed E-state index contributed by atoms with van der Waals surface area (Å²) in [7, 11) is 0. The van der Waals surface area contributed by atoms with Crippen molar-refractivity contribution in [3.05, 3.63) is 133 Å². The van der Waals surface area contributed by atoms with Crippen molar-refractivity contribution in [1.29, 1.82) is 0 Å². The fourth-order valence-corrected chi connectivity index (χ4v) is 4.79. The van der Waals surface area contributed by atoms with Crippen LogP contribution in [0.25, 0.3) is 0 Å². The largest absolute Gasteiger partial charge is 0.508 e. The molecule has 0 aromatic heterocycles. The molecule has 3 aromatic carbocycles. The minimum atomic E-state index is 0.322. The Hall–Kier alpha value is -3.76. The second kappa shape index (κ2) is 22.8. The zero-order valence-electron chi connectivity index (χ0n) is 27.5. The maximum Gasteiger partial charge on any atom is 0.115 e. The summed E-state index contributed by atoms with van der Waals surface area (Å²) in [5.41, 5.74) is 6.63. The summed E-state index contributed by atoms with van der Waals surface area (Å²) in [6, 6.07) is 29.6. The molecule has 0 saturated carbocycles. The lowest BCUT2D eigenvalue weighted by molar-refractivity contribution is -0.0692. The Morgan fingerprint density at radius 3 is 1.74 bits per heavy atom. The predicted octanol–water partition coefficient (Wildman–Crippen LogP) is 11.0. The van der Waals surface area contributed by atoms with Crippen LogP contribution < -0.4 is 0 Å². The molecule has 0 amide bonds. The highest BCUT2D eigenvalue weighted by atomic mass is 16.3. The smallest absolute Gasteiger partial charge is 0.115 e. The lowest BCUT2D eigenvalue weighted by Gasteiger charge is -2.57. The molecule has 2 atom stereocenters. The van der Waals surface area contributed by atoms with Crippen LogP contribution in [-0.4, -0.2) is 28.1 Å². The van der Waals surface area contributed by atoms with E-state index in [9.17, 15) is 0 Å². The quantitative estimate of drug-likeness (QED) is 0.118. The molecule has 3 aromatic rings. The first-order valence-corrected chi connectivity index (χ1v) is 15.8. The van der Waals surface area contributed by atoms with Crippen LogP contribution in [-0.2, 0) is 0 Å². The van der Waals surface area contributed by atoms with E-state index in [0.717, 1.165) is 23.6 Å². The van der Waals surface area contributed by atoms with Gasteiger partial charge in [0.2, 0.25) is 0 Å². The summed E-state index contributed by atoms with van der Waals surface area (Å²) >= 11 is 0. The van der Waals surface area contributed by atoms with Crippen molar-refractivity contribution < 1.29 is 5.11 Å². The Morgan fingerprint density at radius 2 is 1.35 bits per heavy atom. The number of benzene rings is 3. The molecule has 1 saturated heterocycles. The highest BCUT2D eigenvalue weighted by molar-refractivity contribution is 5.42. The average Bonchev–Trinajstić information content (AvgIpc) is 3.01. The van der Waals surface area contributed by atoms with Gasteiger partial charge >= 0.3 is 0 Å². The maximum atomic E-state index is 8.63. The van der Waals surface area contributed by atoms with E-state index in [1.54, 1.807) is 24.3 Å². The Labute approximate surface area is 263 Å². The second-order valence-corrected chi connectivity index (χ2v) is 11.5. The van der Waals surface area contributed by atoms with Crippen molar-refractivity contribution >= 4 is 0 Å². The van der Waals surface area contributed by atoms with Crippen LogP contribution in [0.4, 0.5) is 0 Å². The number of nitrogens with zero attached hydrogens (tertiary/aromatic N) is 1. The Kier molecular flexibility index (Phi) is 19.7. The van der Waals surface area contributed by atoms with Crippen LogP contribution >= 0.6 is 0 Å². The van der Waals surface area contributed by atoms with Gasteiger partial charge in [-0.25, -0.2) is 0 Å². The van der Waals surface area contributed by atoms with Gasteiger partial charge in [-0.1, -0.05) is 105 Å². The number of phenols is 1. The number of allylic oxidation sites excluding steroid dienone is 2. The van der Waals surface area contributed by atoms with Gasteiger partial charge in [-0.05, 0) is 108 Å². The van der Waals surface area contributed by atoms with Crippen LogP contribution in [0.15, 0.2) is 122 Å². The lowest BCUT2D eigenvalue weighted by Crippen LogP contribution is -2.64. The van der Waals surface area contributed by atoms with Crippen molar-refractivity contribution in [3.63, 3.8) is 0 Å². The number of hydrogen-bond donors (Lipinski definition) is 1. The van der Waals surface area contributed by atoms with Gasteiger partial charge in [0.05, 0.1) is 0 Å². The minimum absolute atomic E-state index is 0.322. The standard InChI is InChI=1S/C17H31N.C14H10.C6H6O.C4H8/c1-5-8-10-11-12-13-16-15-17(4,7-3)18(16)14-9-6-2;1-3-7-13(8-4-1)11-12-14-9-5-2-6-10-14;7-6-4-2-1-3-5-6;1-4(2)3/h8,16H,1,6-7,9-15H2,2-4H3;1-10H;1-5,7H;1H2,2-3H3. The van der Waals surface area contributed by atoms with Crippen LogP contribution in [0, 0.1) is 11.8 Å². The fourth-order valence-electron chi connectivity index (χ4n) is 4.79. The molecule has 0 bridgehead atoms. The summed E-state index contributed by atoms with van der Waals surface area (Å²) in [5, 5.41) is 8.63. The monoisotopic (exact) mass is 577 g/mol. The average molecular weight is 578 g/mol. The van der Waals surface area contributed by atoms with E-state index in [-0.39, 0.29) is 0 Å². The number of aromatic hydroxyl groups is 1. The van der Waals surface area contributed by atoms with Crippen molar-refractivity contribution in [2.75, 3.05) is 6.54 Å². The van der Waals surface area contributed by atoms with E-state index >= 15 is 0 Å². The summed E-state index contributed by atoms with van der Waals surface area (Å²) in [6.45, 7) is 19.5. The van der Waals surface area contributed by atoms with E-state index in [1.165, 1.54) is 57.1 Å². The molecule has 1 fully saturated rings. The highest BCUT2D eigenvalue weighted by Gasteiger charge is 2.45. The minimum Gasteiger partial charge on any atom is -0.508 e. The molecule has 1 aliphatic heterocycles. The molecule has 0 radical (unpaired) electrons. The Bertz CT molecular complexity index is 1180. The highest BCUT2D eigenvalue weighted by Crippen LogP contribution is 2.41. The Morgan fingerprint density at radius 1 is 0.860 bits per heavy atom. The number of likely N-dealkylation sites (tertiary alicyclic amines) is 1. The third-order valence-corrected chi connectivity index (χ3v) is 7.26. The van der Waals surface area contributed by atoms with Gasteiger partial charge in [-0.15, -0.1) is 12.3 Å². The summed E-state index contributed by atoms with van der Waals surface area (Å²) in [6.07, 6.45) is 12.6. The number of phenolic OH excluding ortho intramolecular Hbond substituents is 1. The van der Waals surface area contributed by atoms with Gasteiger partial charge in [-0.3, -0.25) is 4.90 Å². The molecule has 1 aliphatic rings. The van der Waals surface area contributed by atoms with Crippen molar-refractivity contribution in [3.8, 4) is 17.6 Å². The van der Waals surface area contributed by atoms with Gasteiger partial charge in [0.25, 0.3) is 0 Å². The van der Waals surface area contributed by atoms with Crippen molar-refractivity contribution in [1.82, 2.24) is 4.90 Å². The molecule has 1 heterocycles. The summed E-state index contributed by atoms with van der Waals surface area (Å²) in [4.78, 5) is 2.78. The summed E-state index contributed by atoms with van der Waals surface area (Å²) in [5.74, 6) is 6.54. The zero-order valence-corrected chi connectivity index (χ0v) is 27.5.